The average molecular weight is 507 g/mol. The first-order chi connectivity index (χ1) is 16.2. The highest BCUT2D eigenvalue weighted by Crippen LogP contribution is 2.32. The van der Waals surface area contributed by atoms with Gasteiger partial charge in [-0.3, -0.25) is 0 Å². The molecule has 2 aromatic carbocycles. The minimum atomic E-state index is -0.789. The number of aliphatic carboxylic acids is 1. The van der Waals surface area contributed by atoms with Gasteiger partial charge in [0.1, 0.15) is 12.1 Å². The summed E-state index contributed by atoms with van der Waals surface area (Å²) >= 11 is 11.9. The Morgan fingerprint density at radius 1 is 0.912 bits per heavy atom. The van der Waals surface area contributed by atoms with Gasteiger partial charge >= 0.3 is 11.9 Å². The van der Waals surface area contributed by atoms with Crippen molar-refractivity contribution in [3.05, 3.63) is 57.6 Å². The number of fused-ring (bicyclic) bond motifs is 2. The number of benzene rings is 2. The number of carboxylic acid groups (broad SMARTS) is 1. The predicted octanol–water partition coefficient (Wildman–Crippen LogP) is 5.61. The number of aryl methyl sites for hydroxylation is 2. The minimum absolute atomic E-state index is 0.166. The molecule has 1 N–H and O–H groups in total. The molecule has 184 valence electrons. The van der Waals surface area contributed by atoms with Crippen LogP contribution in [0, 0.1) is 0 Å². The summed E-state index contributed by atoms with van der Waals surface area (Å²) in [6.45, 7) is 7.53. The van der Waals surface area contributed by atoms with E-state index in [0.717, 1.165) is 60.7 Å². The summed E-state index contributed by atoms with van der Waals surface area (Å²) < 4.78 is 5.09. The van der Waals surface area contributed by atoms with Crippen LogP contribution >= 0.6 is 23.2 Å². The van der Waals surface area contributed by atoms with Crippen LogP contribution in [0.5, 0.6) is 0 Å². The van der Waals surface area contributed by atoms with Crippen LogP contribution in [0.25, 0.3) is 0 Å². The summed E-state index contributed by atoms with van der Waals surface area (Å²) in [6.07, 6.45) is 4.00. The molecule has 0 saturated carbocycles. The van der Waals surface area contributed by atoms with Gasteiger partial charge in [0.25, 0.3) is 0 Å². The van der Waals surface area contributed by atoms with Crippen molar-refractivity contribution in [3.8, 4) is 0 Å². The molecule has 0 amide bonds. The Bertz CT molecular complexity index is 1030. The summed E-state index contributed by atoms with van der Waals surface area (Å²) in [5.41, 5.74) is 4.47. The maximum absolute atomic E-state index is 11.8. The molecule has 2 atom stereocenters. The van der Waals surface area contributed by atoms with Gasteiger partial charge in [0.05, 0.1) is 6.61 Å². The zero-order valence-electron chi connectivity index (χ0n) is 19.9. The van der Waals surface area contributed by atoms with Crippen LogP contribution in [-0.2, 0) is 27.2 Å². The molecule has 6 nitrogen and oxygen atoms in total. The molecule has 8 heteroatoms. The Morgan fingerprint density at radius 2 is 1.38 bits per heavy atom. The summed E-state index contributed by atoms with van der Waals surface area (Å²) in [6, 6.07) is 10.8. The van der Waals surface area contributed by atoms with Crippen LogP contribution in [0.2, 0.25) is 10.0 Å². The number of hydrogen-bond acceptors (Lipinski definition) is 5. The summed E-state index contributed by atoms with van der Waals surface area (Å²) in [5.74, 6) is -0.955. The van der Waals surface area contributed by atoms with Crippen LogP contribution in [0.15, 0.2) is 36.4 Å². The van der Waals surface area contributed by atoms with Crippen molar-refractivity contribution in [2.24, 2.45) is 0 Å². The smallest absolute Gasteiger partial charge is 0.328 e. The molecule has 4 rings (SSSR count). The molecule has 2 aliphatic heterocycles. The van der Waals surface area contributed by atoms with Crippen LogP contribution in [0.1, 0.15) is 44.7 Å². The first-order valence-electron chi connectivity index (χ1n) is 11.7. The van der Waals surface area contributed by atoms with Crippen LogP contribution < -0.4 is 9.80 Å². The lowest BCUT2D eigenvalue weighted by molar-refractivity contribution is -0.144. The van der Waals surface area contributed by atoms with Crippen LogP contribution in [-0.4, -0.2) is 48.8 Å². The summed E-state index contributed by atoms with van der Waals surface area (Å²) in [4.78, 5) is 26.9. The van der Waals surface area contributed by atoms with Crippen molar-refractivity contribution in [2.75, 3.05) is 29.5 Å². The fourth-order valence-corrected chi connectivity index (χ4v) is 4.91. The zero-order chi connectivity index (χ0) is 24.8. The van der Waals surface area contributed by atoms with Crippen LogP contribution in [0.4, 0.5) is 11.4 Å². The van der Waals surface area contributed by atoms with Gasteiger partial charge in [-0.1, -0.05) is 23.2 Å². The Morgan fingerprint density at radius 3 is 1.82 bits per heavy atom. The highest BCUT2D eigenvalue weighted by Gasteiger charge is 2.27. The van der Waals surface area contributed by atoms with Gasteiger partial charge in [0, 0.05) is 34.5 Å². The van der Waals surface area contributed by atoms with Crippen molar-refractivity contribution in [3.63, 3.8) is 0 Å². The number of hydrogen-bond donors (Lipinski definition) is 1. The standard InChI is InChI=1S/C14H18ClNO2.C12H14ClNO2/c1-3-18-14(17)10(2)16-8-4-5-11-9-12(15)6-7-13(11)16;1-8(12(15)16)14-6-2-3-9-7-10(13)4-5-11(9)14/h6-7,9-10H,3-5,8H2,1-2H3;4-5,7-8H,2-3,6H2,1H3,(H,15,16)/t10-;8-/m11/s1. The fraction of sp³-hybridized carbons (Fsp3) is 0.462. The average Bonchev–Trinajstić information content (AvgIpc) is 2.82. The first kappa shape index (κ1) is 26.2. The number of nitrogens with zero attached hydrogens (tertiary/aromatic N) is 2. The number of ether oxygens (including phenoxy) is 1. The van der Waals surface area contributed by atoms with Gasteiger partial charge in [0.2, 0.25) is 0 Å². The van der Waals surface area contributed by atoms with Crippen molar-refractivity contribution >= 4 is 46.5 Å². The molecule has 0 spiro atoms. The van der Waals surface area contributed by atoms with Gasteiger partial charge in [-0.25, -0.2) is 9.59 Å². The normalized spacial score (nSPS) is 16.4. The lowest BCUT2D eigenvalue weighted by Gasteiger charge is -2.35. The second-order valence-corrected chi connectivity index (χ2v) is 9.46. The number of anilines is 2. The number of carbonyl (C=O) groups is 2. The van der Waals surface area contributed by atoms with E-state index in [9.17, 15) is 9.59 Å². The summed E-state index contributed by atoms with van der Waals surface area (Å²) in [7, 11) is 0. The number of halogens is 2. The van der Waals surface area contributed by atoms with Crippen molar-refractivity contribution in [1.29, 1.82) is 0 Å². The summed E-state index contributed by atoms with van der Waals surface area (Å²) in [5, 5.41) is 10.5. The number of rotatable bonds is 5. The minimum Gasteiger partial charge on any atom is -0.480 e. The molecule has 0 fully saturated rings. The lowest BCUT2D eigenvalue weighted by atomic mass is 10.0. The molecule has 0 aliphatic carbocycles. The van der Waals surface area contributed by atoms with E-state index in [0.29, 0.717) is 11.6 Å². The van der Waals surface area contributed by atoms with Crippen molar-refractivity contribution < 1.29 is 19.4 Å². The highest BCUT2D eigenvalue weighted by molar-refractivity contribution is 6.31. The SMILES string of the molecule is CCOC(=O)[C@@H](C)N1CCCc2cc(Cl)ccc21.C[C@H](C(=O)O)N1CCCc2cc(Cl)ccc21. The quantitative estimate of drug-likeness (QED) is 0.531. The molecule has 0 unspecified atom stereocenters. The Kier molecular flexibility index (Phi) is 9.09. The molecule has 2 heterocycles. The zero-order valence-corrected chi connectivity index (χ0v) is 21.4. The number of carbonyl (C=O) groups excluding carboxylic acids is 1. The maximum atomic E-state index is 11.8. The molecule has 34 heavy (non-hydrogen) atoms. The second kappa shape index (κ2) is 11.8. The lowest BCUT2D eigenvalue weighted by Crippen LogP contribution is -2.43. The van der Waals surface area contributed by atoms with Gasteiger partial charge in [0.15, 0.2) is 0 Å². The molecular weight excluding hydrogens is 475 g/mol. The van der Waals surface area contributed by atoms with E-state index >= 15 is 0 Å². The predicted molar refractivity (Wildman–Crippen MR) is 137 cm³/mol. The monoisotopic (exact) mass is 506 g/mol. The number of carboxylic acids is 1. The highest BCUT2D eigenvalue weighted by atomic mass is 35.5. The molecule has 2 aliphatic rings. The van der Waals surface area contributed by atoms with E-state index < -0.39 is 12.0 Å². The van der Waals surface area contributed by atoms with Gasteiger partial charge < -0.3 is 19.6 Å². The Labute approximate surface area is 211 Å². The molecule has 0 aromatic heterocycles. The van der Waals surface area contributed by atoms with Gasteiger partial charge in [-0.2, -0.15) is 0 Å². The molecule has 0 bridgehead atoms. The van der Waals surface area contributed by atoms with Crippen molar-refractivity contribution in [2.45, 2.75) is 58.5 Å². The largest absolute Gasteiger partial charge is 0.480 e. The molecule has 0 radical (unpaired) electrons. The number of esters is 1. The molecule has 0 saturated heterocycles. The van der Waals surface area contributed by atoms with E-state index in [1.54, 1.807) is 6.92 Å². The van der Waals surface area contributed by atoms with Gasteiger partial charge in [-0.15, -0.1) is 0 Å². The van der Waals surface area contributed by atoms with E-state index in [1.807, 2.05) is 55.1 Å². The topological polar surface area (TPSA) is 70.1 Å². The first-order valence-corrected chi connectivity index (χ1v) is 12.5. The second-order valence-electron chi connectivity index (χ2n) is 8.58. The van der Waals surface area contributed by atoms with Crippen LogP contribution in [0.3, 0.4) is 0 Å². The van der Waals surface area contributed by atoms with E-state index in [1.165, 1.54) is 5.56 Å². The molecular formula is C26H32Cl2N2O4. The van der Waals surface area contributed by atoms with E-state index in [2.05, 4.69) is 4.90 Å². The maximum Gasteiger partial charge on any atom is 0.328 e. The Balaban J connectivity index is 0.000000192. The van der Waals surface area contributed by atoms with Gasteiger partial charge in [-0.05, 0) is 94.0 Å². The fourth-order valence-electron chi connectivity index (χ4n) is 4.52. The third-order valence-corrected chi connectivity index (χ3v) is 6.78. The van der Waals surface area contributed by atoms with E-state index in [4.69, 9.17) is 33.0 Å². The van der Waals surface area contributed by atoms with E-state index in [-0.39, 0.29) is 12.0 Å². The molecule has 2 aromatic rings. The van der Waals surface area contributed by atoms with Crippen molar-refractivity contribution in [1.82, 2.24) is 0 Å². The third-order valence-electron chi connectivity index (χ3n) is 6.31. The third kappa shape index (κ3) is 6.16. The Hall–Kier alpha value is -2.44.